The number of nitrogens with zero attached hydrogens (tertiary/aromatic N) is 3. The lowest BCUT2D eigenvalue weighted by atomic mass is 9.99. The Balaban J connectivity index is 2.31. The van der Waals surface area contributed by atoms with E-state index in [1.54, 1.807) is 33.0 Å². The standard InChI is InChI=1S/C13H12ClN3O3/c1-13(2)11(18)9-7(14)4-5-8(10(9)20-13)17-6-15-16(3)12(17)19/h4-6H,1-3H3. The molecule has 7 heteroatoms. The Hall–Kier alpha value is -2.08. The molecule has 104 valence electrons. The number of halogens is 1. The van der Waals surface area contributed by atoms with Crippen molar-refractivity contribution in [2.45, 2.75) is 19.4 Å². The first-order chi connectivity index (χ1) is 9.33. The van der Waals surface area contributed by atoms with E-state index >= 15 is 0 Å². The second-order valence-corrected chi connectivity index (χ2v) is 5.53. The van der Waals surface area contributed by atoms with E-state index in [1.165, 1.54) is 15.6 Å². The molecule has 0 aliphatic carbocycles. The van der Waals surface area contributed by atoms with Gasteiger partial charge in [0.15, 0.2) is 11.4 Å². The minimum atomic E-state index is -0.992. The van der Waals surface area contributed by atoms with E-state index in [4.69, 9.17) is 16.3 Å². The lowest BCUT2D eigenvalue weighted by Gasteiger charge is -2.16. The van der Waals surface area contributed by atoms with Gasteiger partial charge >= 0.3 is 5.69 Å². The number of aromatic nitrogens is 3. The Morgan fingerprint density at radius 3 is 2.60 bits per heavy atom. The topological polar surface area (TPSA) is 66.1 Å². The molecule has 0 unspecified atom stereocenters. The molecule has 0 spiro atoms. The highest BCUT2D eigenvalue weighted by atomic mass is 35.5. The zero-order valence-corrected chi connectivity index (χ0v) is 11.9. The van der Waals surface area contributed by atoms with Crippen molar-refractivity contribution in [1.82, 2.24) is 14.3 Å². The summed E-state index contributed by atoms with van der Waals surface area (Å²) in [7, 11) is 1.55. The van der Waals surface area contributed by atoms with Crippen LogP contribution in [0.5, 0.6) is 5.75 Å². The molecule has 0 amide bonds. The van der Waals surface area contributed by atoms with E-state index in [0.717, 1.165) is 0 Å². The minimum absolute atomic E-state index is 0.198. The fraction of sp³-hybridized carbons (Fsp3) is 0.308. The zero-order chi connectivity index (χ0) is 14.7. The highest BCUT2D eigenvalue weighted by Crippen LogP contribution is 2.42. The van der Waals surface area contributed by atoms with Crippen LogP contribution in [0.2, 0.25) is 5.02 Å². The number of fused-ring (bicyclic) bond motifs is 1. The molecule has 0 saturated carbocycles. The van der Waals surface area contributed by atoms with Crippen molar-refractivity contribution in [3.05, 3.63) is 39.5 Å². The van der Waals surface area contributed by atoms with Gasteiger partial charge in [0, 0.05) is 7.05 Å². The minimum Gasteiger partial charge on any atom is -0.477 e. The Kier molecular flexibility index (Phi) is 2.56. The van der Waals surface area contributed by atoms with Gasteiger partial charge in [-0.2, -0.15) is 5.10 Å². The summed E-state index contributed by atoms with van der Waals surface area (Å²) < 4.78 is 8.23. The molecule has 0 radical (unpaired) electrons. The predicted molar refractivity (Wildman–Crippen MR) is 72.9 cm³/mol. The number of ketones is 1. The number of Topliss-reactive ketones (excluding diaryl/α,β-unsaturated/α-hetero) is 1. The maximum Gasteiger partial charge on any atom is 0.350 e. The van der Waals surface area contributed by atoms with Crippen LogP contribution in [0.3, 0.4) is 0 Å². The van der Waals surface area contributed by atoms with Crippen LogP contribution in [0.25, 0.3) is 5.69 Å². The van der Waals surface area contributed by atoms with Crippen LogP contribution in [0, 0.1) is 0 Å². The Morgan fingerprint density at radius 2 is 2.00 bits per heavy atom. The molecule has 1 aromatic carbocycles. The van der Waals surface area contributed by atoms with Crippen molar-refractivity contribution in [2.24, 2.45) is 7.05 Å². The summed E-state index contributed by atoms with van der Waals surface area (Å²) in [5.74, 6) is 0.124. The molecule has 0 fully saturated rings. The molecule has 2 aromatic rings. The number of carbonyl (C=O) groups excluding carboxylic acids is 1. The van der Waals surface area contributed by atoms with E-state index < -0.39 is 5.60 Å². The highest BCUT2D eigenvalue weighted by Gasteiger charge is 2.43. The van der Waals surface area contributed by atoms with E-state index in [-0.39, 0.29) is 11.5 Å². The van der Waals surface area contributed by atoms with Crippen molar-refractivity contribution >= 4 is 17.4 Å². The van der Waals surface area contributed by atoms with Crippen molar-refractivity contribution in [3.63, 3.8) is 0 Å². The quantitative estimate of drug-likeness (QED) is 0.800. The third-order valence-electron chi connectivity index (χ3n) is 3.30. The van der Waals surface area contributed by atoms with Crippen LogP contribution in [-0.2, 0) is 7.05 Å². The molecule has 0 bridgehead atoms. The first kappa shape index (κ1) is 12.9. The Labute approximate surface area is 119 Å². The van der Waals surface area contributed by atoms with Gasteiger partial charge in [0.1, 0.15) is 6.33 Å². The summed E-state index contributed by atoms with van der Waals surface area (Å²) in [6, 6.07) is 3.22. The van der Waals surface area contributed by atoms with Gasteiger partial charge in [-0.25, -0.2) is 14.0 Å². The third kappa shape index (κ3) is 1.61. The molecule has 2 heterocycles. The van der Waals surface area contributed by atoms with Crippen molar-refractivity contribution in [3.8, 4) is 11.4 Å². The smallest absolute Gasteiger partial charge is 0.350 e. The number of hydrogen-bond donors (Lipinski definition) is 0. The van der Waals surface area contributed by atoms with E-state index in [9.17, 15) is 9.59 Å². The molecule has 0 atom stereocenters. The lowest BCUT2D eigenvalue weighted by molar-refractivity contribution is 0.0684. The number of aryl methyl sites for hydroxylation is 1. The monoisotopic (exact) mass is 293 g/mol. The van der Waals surface area contributed by atoms with E-state index in [1.807, 2.05) is 0 Å². The second kappa shape index (κ2) is 3.96. The predicted octanol–water partition coefficient (Wildman–Crippen LogP) is 1.58. The van der Waals surface area contributed by atoms with Gasteiger partial charge < -0.3 is 4.74 Å². The van der Waals surface area contributed by atoms with Crippen LogP contribution >= 0.6 is 11.6 Å². The number of benzene rings is 1. The van der Waals surface area contributed by atoms with Gasteiger partial charge in [0.05, 0.1) is 16.3 Å². The highest BCUT2D eigenvalue weighted by molar-refractivity contribution is 6.35. The Bertz CT molecular complexity index is 789. The maximum atomic E-state index is 12.3. The molecule has 20 heavy (non-hydrogen) atoms. The average molecular weight is 294 g/mol. The largest absolute Gasteiger partial charge is 0.477 e. The summed E-state index contributed by atoms with van der Waals surface area (Å²) >= 11 is 6.09. The second-order valence-electron chi connectivity index (χ2n) is 5.12. The summed E-state index contributed by atoms with van der Waals surface area (Å²) in [4.78, 5) is 24.3. The van der Waals surface area contributed by atoms with Gasteiger partial charge in [-0.05, 0) is 26.0 Å². The number of carbonyl (C=O) groups is 1. The summed E-state index contributed by atoms with van der Waals surface area (Å²) in [5.41, 5.74) is -0.546. The van der Waals surface area contributed by atoms with Crippen LogP contribution in [0.4, 0.5) is 0 Å². The fourth-order valence-corrected chi connectivity index (χ4v) is 2.44. The van der Waals surface area contributed by atoms with Crippen molar-refractivity contribution < 1.29 is 9.53 Å². The first-order valence-electron chi connectivity index (χ1n) is 6.00. The molecule has 3 rings (SSSR count). The van der Waals surface area contributed by atoms with Gasteiger partial charge in [0.25, 0.3) is 0 Å². The van der Waals surface area contributed by atoms with Crippen LogP contribution < -0.4 is 10.4 Å². The summed E-state index contributed by atoms with van der Waals surface area (Å²) in [6.07, 6.45) is 1.38. The molecular formula is C13H12ClN3O3. The molecule has 1 aliphatic rings. The number of ether oxygens (including phenoxy) is 1. The van der Waals surface area contributed by atoms with Gasteiger partial charge in [-0.1, -0.05) is 11.6 Å². The Morgan fingerprint density at radius 1 is 1.30 bits per heavy atom. The third-order valence-corrected chi connectivity index (χ3v) is 3.61. The van der Waals surface area contributed by atoms with Gasteiger partial charge in [0.2, 0.25) is 5.78 Å². The number of rotatable bonds is 1. The average Bonchev–Trinajstić information content (AvgIpc) is 2.81. The molecule has 6 nitrogen and oxygen atoms in total. The fourth-order valence-electron chi connectivity index (χ4n) is 2.20. The summed E-state index contributed by atoms with van der Waals surface area (Å²) in [6.45, 7) is 3.34. The van der Waals surface area contributed by atoms with Crippen molar-refractivity contribution in [1.29, 1.82) is 0 Å². The lowest BCUT2D eigenvalue weighted by Crippen LogP contribution is -2.32. The van der Waals surface area contributed by atoms with Crippen LogP contribution in [0.15, 0.2) is 23.3 Å². The SMILES string of the molecule is Cn1ncn(-c2ccc(Cl)c3c2OC(C)(C)C3=O)c1=O. The molecule has 0 N–H and O–H groups in total. The molecular weight excluding hydrogens is 282 g/mol. The molecule has 0 saturated heterocycles. The first-order valence-corrected chi connectivity index (χ1v) is 6.38. The maximum absolute atomic E-state index is 12.3. The van der Waals surface area contributed by atoms with Crippen molar-refractivity contribution in [2.75, 3.05) is 0 Å². The zero-order valence-electron chi connectivity index (χ0n) is 11.2. The van der Waals surface area contributed by atoms with Crippen LogP contribution in [-0.4, -0.2) is 25.7 Å². The van der Waals surface area contributed by atoms with Gasteiger partial charge in [-0.15, -0.1) is 0 Å². The van der Waals surface area contributed by atoms with Gasteiger partial charge in [-0.3, -0.25) is 4.79 Å². The molecule has 1 aromatic heterocycles. The summed E-state index contributed by atoms with van der Waals surface area (Å²) in [5, 5.41) is 4.21. The normalized spacial score (nSPS) is 16.1. The van der Waals surface area contributed by atoms with E-state index in [0.29, 0.717) is 22.0 Å². The molecule has 1 aliphatic heterocycles. The van der Waals surface area contributed by atoms with E-state index in [2.05, 4.69) is 5.10 Å². The van der Waals surface area contributed by atoms with Crippen LogP contribution in [0.1, 0.15) is 24.2 Å². The number of hydrogen-bond acceptors (Lipinski definition) is 4.